The van der Waals surface area contributed by atoms with E-state index in [2.05, 4.69) is 0 Å². The second kappa shape index (κ2) is 5.84. The predicted octanol–water partition coefficient (Wildman–Crippen LogP) is 1.65. The zero-order chi connectivity index (χ0) is 13.2. The van der Waals surface area contributed by atoms with E-state index in [-0.39, 0.29) is 11.8 Å². The molecule has 2 aliphatic rings. The summed E-state index contributed by atoms with van der Waals surface area (Å²) in [5, 5.41) is 0. The van der Waals surface area contributed by atoms with E-state index >= 15 is 0 Å². The van der Waals surface area contributed by atoms with Gasteiger partial charge in [0.15, 0.2) is 0 Å². The lowest BCUT2D eigenvalue weighted by molar-refractivity contribution is 0.233. The van der Waals surface area contributed by atoms with Gasteiger partial charge in [-0.05, 0) is 31.6 Å². The molecule has 1 heterocycles. The molecule has 18 heavy (non-hydrogen) atoms. The molecule has 2 fully saturated rings. The highest BCUT2D eigenvalue weighted by atomic mass is 32.2. The van der Waals surface area contributed by atoms with Gasteiger partial charge in [0, 0.05) is 6.54 Å². The smallest absolute Gasteiger partial charge is 0.214 e. The Morgan fingerprint density at radius 3 is 2.39 bits per heavy atom. The first-order chi connectivity index (χ1) is 8.52. The van der Waals surface area contributed by atoms with Gasteiger partial charge in [-0.25, -0.2) is 8.42 Å². The van der Waals surface area contributed by atoms with Crippen LogP contribution in [0.1, 0.15) is 44.9 Å². The lowest BCUT2D eigenvalue weighted by atomic mass is 9.83. The highest BCUT2D eigenvalue weighted by molar-refractivity contribution is 7.89. The Morgan fingerprint density at radius 2 is 1.83 bits per heavy atom. The molecule has 0 aromatic rings. The van der Waals surface area contributed by atoms with Crippen LogP contribution in [0.15, 0.2) is 0 Å². The third-order valence-electron chi connectivity index (χ3n) is 4.09. The van der Waals surface area contributed by atoms with Crippen LogP contribution in [0.2, 0.25) is 0 Å². The van der Waals surface area contributed by atoms with Crippen molar-refractivity contribution < 1.29 is 8.42 Å². The molecule has 2 N–H and O–H groups in total. The van der Waals surface area contributed by atoms with Crippen LogP contribution in [0.4, 0.5) is 0 Å². The zero-order valence-electron chi connectivity index (χ0n) is 10.7. The van der Waals surface area contributed by atoms with Gasteiger partial charge in [-0.3, -0.25) is 0 Å². The van der Waals surface area contributed by atoms with Crippen LogP contribution in [0.25, 0.3) is 0 Å². The molecule has 0 bridgehead atoms. The molecule has 1 aliphatic heterocycles. The number of sulfonamides is 1. The normalized spacial score (nSPS) is 27.8. The average Bonchev–Trinajstić information content (AvgIpc) is 2.32. The lowest BCUT2D eigenvalue weighted by Gasteiger charge is -2.39. The molecule has 1 atom stereocenters. The van der Waals surface area contributed by atoms with Crippen molar-refractivity contribution in [1.82, 2.24) is 4.31 Å². The maximum absolute atomic E-state index is 12.2. The number of nitrogens with zero attached hydrogens (tertiary/aromatic N) is 1. The van der Waals surface area contributed by atoms with E-state index in [0.29, 0.717) is 17.5 Å². The van der Waals surface area contributed by atoms with Crippen molar-refractivity contribution in [3.8, 4) is 0 Å². The van der Waals surface area contributed by atoms with E-state index in [4.69, 9.17) is 18.0 Å². The van der Waals surface area contributed by atoms with E-state index in [0.717, 1.165) is 38.5 Å². The maximum Gasteiger partial charge on any atom is 0.214 e. The highest BCUT2D eigenvalue weighted by Crippen LogP contribution is 2.32. The Balaban J connectivity index is 2.20. The minimum absolute atomic E-state index is 0.245. The fourth-order valence-electron chi connectivity index (χ4n) is 3.18. The van der Waals surface area contributed by atoms with Crippen LogP contribution in [-0.2, 0) is 10.0 Å². The Kier molecular flexibility index (Phi) is 4.61. The molecule has 4 nitrogen and oxygen atoms in total. The molecule has 6 heteroatoms. The van der Waals surface area contributed by atoms with Crippen molar-refractivity contribution in [1.29, 1.82) is 0 Å². The van der Waals surface area contributed by atoms with E-state index in [1.807, 2.05) is 0 Å². The largest absolute Gasteiger partial charge is 0.392 e. The Bertz CT molecular complexity index is 402. The summed E-state index contributed by atoms with van der Waals surface area (Å²) >= 11 is 5.15. The Morgan fingerprint density at radius 1 is 1.17 bits per heavy atom. The number of thiocarbonyl (C=S) groups is 1. The molecule has 0 spiro atoms. The van der Waals surface area contributed by atoms with E-state index in [1.165, 1.54) is 6.42 Å². The molecule has 1 saturated carbocycles. The maximum atomic E-state index is 12.2. The van der Waals surface area contributed by atoms with Gasteiger partial charge in [0.1, 0.15) is 0 Å². The molecule has 2 rings (SSSR count). The van der Waals surface area contributed by atoms with Crippen LogP contribution >= 0.6 is 12.2 Å². The molecular formula is C12H22N2O2S2. The molecule has 0 aromatic carbocycles. The van der Waals surface area contributed by atoms with Gasteiger partial charge in [-0.2, -0.15) is 4.31 Å². The number of rotatable bonds is 3. The molecule has 0 aromatic heterocycles. The first-order valence-electron chi connectivity index (χ1n) is 6.81. The van der Waals surface area contributed by atoms with E-state index in [1.54, 1.807) is 4.31 Å². The van der Waals surface area contributed by atoms with Crippen molar-refractivity contribution in [3.63, 3.8) is 0 Å². The van der Waals surface area contributed by atoms with Crippen LogP contribution in [0.5, 0.6) is 0 Å². The summed E-state index contributed by atoms with van der Waals surface area (Å²) in [6, 6.07) is -0.245. The van der Waals surface area contributed by atoms with Crippen molar-refractivity contribution in [2.24, 2.45) is 11.7 Å². The second-order valence-corrected chi connectivity index (χ2v) is 7.89. The van der Waals surface area contributed by atoms with Gasteiger partial charge >= 0.3 is 0 Å². The zero-order valence-corrected chi connectivity index (χ0v) is 12.3. The van der Waals surface area contributed by atoms with Gasteiger partial charge in [-0.15, -0.1) is 0 Å². The van der Waals surface area contributed by atoms with E-state index in [9.17, 15) is 8.42 Å². The minimum Gasteiger partial charge on any atom is -0.392 e. The molecule has 1 aliphatic carbocycles. The van der Waals surface area contributed by atoms with Gasteiger partial charge in [0.25, 0.3) is 0 Å². The molecule has 0 amide bonds. The monoisotopic (exact) mass is 290 g/mol. The van der Waals surface area contributed by atoms with Crippen molar-refractivity contribution >= 4 is 27.2 Å². The summed E-state index contributed by atoms with van der Waals surface area (Å²) in [6.07, 6.45) is 7.35. The Hall–Kier alpha value is -0.200. The summed E-state index contributed by atoms with van der Waals surface area (Å²) in [4.78, 5) is 0.354. The SMILES string of the molecule is NC(=S)C(C1CCCCC1)N1CCCCS1(=O)=O. The Labute approximate surface area is 115 Å². The number of nitrogens with two attached hydrogens (primary N) is 1. The van der Waals surface area contributed by atoms with Crippen molar-refractivity contribution in [2.75, 3.05) is 12.3 Å². The third-order valence-corrected chi connectivity index (χ3v) is 6.26. The summed E-state index contributed by atoms with van der Waals surface area (Å²) in [5.41, 5.74) is 5.84. The third kappa shape index (κ3) is 3.03. The number of hydrogen-bond acceptors (Lipinski definition) is 3. The van der Waals surface area contributed by atoms with Crippen molar-refractivity contribution in [3.05, 3.63) is 0 Å². The summed E-state index contributed by atoms with van der Waals surface area (Å²) < 4.78 is 26.0. The quantitative estimate of drug-likeness (QED) is 0.803. The lowest BCUT2D eigenvalue weighted by Crippen LogP contribution is -2.54. The second-order valence-electron chi connectivity index (χ2n) is 5.38. The van der Waals surface area contributed by atoms with Crippen LogP contribution in [0, 0.1) is 5.92 Å². The minimum atomic E-state index is -3.15. The fourth-order valence-corrected chi connectivity index (χ4v) is 5.41. The molecule has 104 valence electrons. The highest BCUT2D eigenvalue weighted by Gasteiger charge is 2.38. The van der Waals surface area contributed by atoms with Crippen LogP contribution in [0.3, 0.4) is 0 Å². The van der Waals surface area contributed by atoms with Gasteiger partial charge in [-0.1, -0.05) is 31.5 Å². The van der Waals surface area contributed by atoms with Gasteiger partial charge < -0.3 is 5.73 Å². The number of hydrogen-bond donors (Lipinski definition) is 1. The summed E-state index contributed by atoms with van der Waals surface area (Å²) in [6.45, 7) is 0.584. The van der Waals surface area contributed by atoms with Crippen LogP contribution < -0.4 is 5.73 Å². The predicted molar refractivity (Wildman–Crippen MR) is 76.9 cm³/mol. The first-order valence-corrected chi connectivity index (χ1v) is 8.83. The standard InChI is InChI=1S/C12H22N2O2S2/c13-12(17)11(10-6-2-1-3-7-10)14-8-4-5-9-18(14,15)16/h10-11H,1-9H2,(H2,13,17). The molecule has 1 unspecified atom stereocenters. The molecular weight excluding hydrogens is 268 g/mol. The van der Waals surface area contributed by atoms with Crippen LogP contribution in [-0.4, -0.2) is 36.1 Å². The van der Waals surface area contributed by atoms with Gasteiger partial charge in [0.2, 0.25) is 10.0 Å². The molecule has 0 radical (unpaired) electrons. The summed E-state index contributed by atoms with van der Waals surface area (Å²) in [5.74, 6) is 0.572. The average molecular weight is 290 g/mol. The summed E-state index contributed by atoms with van der Waals surface area (Å²) in [7, 11) is -3.15. The van der Waals surface area contributed by atoms with E-state index < -0.39 is 10.0 Å². The van der Waals surface area contributed by atoms with Gasteiger partial charge in [0.05, 0.1) is 16.8 Å². The first kappa shape index (κ1) is 14.2. The topological polar surface area (TPSA) is 63.4 Å². The fraction of sp³-hybridized carbons (Fsp3) is 0.917. The molecule has 1 saturated heterocycles. The van der Waals surface area contributed by atoms with Crippen molar-refractivity contribution in [2.45, 2.75) is 51.0 Å².